The molecule has 3 rings (SSSR count). The van der Waals surface area contributed by atoms with E-state index in [1.807, 2.05) is 55.1 Å². The Morgan fingerprint density at radius 3 is 2.72 bits per heavy atom. The first kappa shape index (κ1) is 20.6. The number of oxazole rings is 1. The minimum absolute atomic E-state index is 0.102. The zero-order chi connectivity index (χ0) is 20.8. The van der Waals surface area contributed by atoms with Crippen LogP contribution in [0.1, 0.15) is 23.7 Å². The molecule has 3 aromatic rings. The van der Waals surface area contributed by atoms with E-state index in [2.05, 4.69) is 23.3 Å². The minimum atomic E-state index is -0.102. The van der Waals surface area contributed by atoms with Crippen LogP contribution in [0.3, 0.4) is 0 Å². The number of hydrogen-bond donors (Lipinski definition) is 1. The fraction of sp³-hybridized carbons (Fsp3) is 0.304. The topological polar surface area (TPSA) is 67.6 Å². The van der Waals surface area contributed by atoms with Crippen molar-refractivity contribution in [1.29, 1.82) is 0 Å². The van der Waals surface area contributed by atoms with E-state index in [1.54, 1.807) is 13.4 Å². The average molecular weight is 393 g/mol. The summed E-state index contributed by atoms with van der Waals surface area (Å²) in [5.41, 5.74) is 4.78. The third-order valence-electron chi connectivity index (χ3n) is 4.75. The van der Waals surface area contributed by atoms with Gasteiger partial charge in [0.2, 0.25) is 11.8 Å². The van der Waals surface area contributed by atoms with Crippen LogP contribution in [-0.4, -0.2) is 36.0 Å². The van der Waals surface area contributed by atoms with Gasteiger partial charge in [-0.2, -0.15) is 0 Å². The van der Waals surface area contributed by atoms with Gasteiger partial charge < -0.3 is 14.5 Å². The molecule has 29 heavy (non-hydrogen) atoms. The molecule has 0 radical (unpaired) electrons. The van der Waals surface area contributed by atoms with Gasteiger partial charge in [-0.25, -0.2) is 4.98 Å². The molecule has 0 saturated heterocycles. The standard InChI is InChI=1S/C23H27N3O3/c1-5-26(14-22(27)25-20-8-6-7-9-21(20)28-4)13-18-15-29-23(24-18)19-11-10-16(2)12-17(19)3/h6-12,15H,5,13-14H2,1-4H3,(H,25,27). The van der Waals surface area contributed by atoms with Crippen LogP contribution in [0.25, 0.3) is 11.5 Å². The number of aromatic nitrogens is 1. The van der Waals surface area contributed by atoms with Crippen LogP contribution < -0.4 is 10.1 Å². The minimum Gasteiger partial charge on any atom is -0.495 e. The number of ether oxygens (including phenoxy) is 1. The van der Waals surface area contributed by atoms with Crippen molar-refractivity contribution in [2.45, 2.75) is 27.3 Å². The van der Waals surface area contributed by atoms with Crippen molar-refractivity contribution in [2.75, 3.05) is 25.5 Å². The van der Waals surface area contributed by atoms with Crippen LogP contribution in [0.2, 0.25) is 0 Å². The molecule has 6 heteroatoms. The Morgan fingerprint density at radius 1 is 1.21 bits per heavy atom. The lowest BCUT2D eigenvalue weighted by Gasteiger charge is -2.19. The highest BCUT2D eigenvalue weighted by Gasteiger charge is 2.15. The second-order valence-corrected chi connectivity index (χ2v) is 7.01. The lowest BCUT2D eigenvalue weighted by Crippen LogP contribution is -2.32. The number of methoxy groups -OCH3 is 1. The third kappa shape index (κ3) is 5.23. The fourth-order valence-corrected chi connectivity index (χ4v) is 3.21. The van der Waals surface area contributed by atoms with Crippen molar-refractivity contribution in [3.8, 4) is 17.2 Å². The maximum atomic E-state index is 12.5. The molecule has 1 N–H and O–H groups in total. The summed E-state index contributed by atoms with van der Waals surface area (Å²) in [6.45, 7) is 7.62. The van der Waals surface area contributed by atoms with Crippen molar-refractivity contribution in [2.24, 2.45) is 0 Å². The zero-order valence-corrected chi connectivity index (χ0v) is 17.4. The lowest BCUT2D eigenvalue weighted by molar-refractivity contribution is -0.117. The van der Waals surface area contributed by atoms with Crippen molar-refractivity contribution in [1.82, 2.24) is 9.88 Å². The van der Waals surface area contributed by atoms with Crippen LogP contribution in [0.15, 0.2) is 53.1 Å². The van der Waals surface area contributed by atoms with Gasteiger partial charge in [-0.15, -0.1) is 0 Å². The van der Waals surface area contributed by atoms with Gasteiger partial charge in [-0.3, -0.25) is 9.69 Å². The first-order chi connectivity index (χ1) is 14.0. The number of likely N-dealkylation sites (N-methyl/N-ethyl adjacent to an activating group) is 1. The number of carbonyl (C=O) groups excluding carboxylic acids is 1. The SMILES string of the molecule is CCN(CC(=O)Nc1ccccc1OC)Cc1coc(-c2ccc(C)cc2C)n1. The molecule has 1 aromatic heterocycles. The molecule has 0 bridgehead atoms. The largest absolute Gasteiger partial charge is 0.495 e. The van der Waals surface area contributed by atoms with Crippen LogP contribution >= 0.6 is 0 Å². The first-order valence-corrected chi connectivity index (χ1v) is 9.67. The molecular weight excluding hydrogens is 366 g/mol. The number of para-hydroxylation sites is 2. The van der Waals surface area contributed by atoms with Gasteiger partial charge in [0.15, 0.2) is 0 Å². The summed E-state index contributed by atoms with van der Waals surface area (Å²) in [5, 5.41) is 2.91. The molecule has 0 aliphatic carbocycles. The monoisotopic (exact) mass is 393 g/mol. The predicted molar refractivity (Wildman–Crippen MR) is 114 cm³/mol. The number of amides is 1. The van der Waals surface area contributed by atoms with Crippen molar-refractivity contribution >= 4 is 11.6 Å². The summed E-state index contributed by atoms with van der Waals surface area (Å²) in [5.74, 6) is 1.14. The Balaban J connectivity index is 1.64. The molecule has 152 valence electrons. The first-order valence-electron chi connectivity index (χ1n) is 9.67. The normalized spacial score (nSPS) is 10.9. The van der Waals surface area contributed by atoms with Crippen LogP contribution in [-0.2, 0) is 11.3 Å². The van der Waals surface area contributed by atoms with Crippen molar-refractivity contribution < 1.29 is 13.9 Å². The van der Waals surface area contributed by atoms with E-state index in [4.69, 9.17) is 9.15 Å². The van der Waals surface area contributed by atoms with E-state index < -0.39 is 0 Å². The average Bonchev–Trinajstić information content (AvgIpc) is 3.16. The third-order valence-corrected chi connectivity index (χ3v) is 4.75. The van der Waals surface area contributed by atoms with Crippen LogP contribution in [0.5, 0.6) is 5.75 Å². The van der Waals surface area contributed by atoms with Gasteiger partial charge in [0.05, 0.1) is 25.0 Å². The van der Waals surface area contributed by atoms with Gasteiger partial charge in [-0.1, -0.05) is 36.8 Å². The van der Waals surface area contributed by atoms with E-state index >= 15 is 0 Å². The molecule has 6 nitrogen and oxygen atoms in total. The molecule has 0 fully saturated rings. The van der Waals surface area contributed by atoms with E-state index in [0.717, 1.165) is 16.8 Å². The van der Waals surface area contributed by atoms with Gasteiger partial charge in [0.1, 0.15) is 12.0 Å². The highest BCUT2D eigenvalue weighted by molar-refractivity contribution is 5.93. The molecule has 0 saturated carbocycles. The Hall–Kier alpha value is -3.12. The van der Waals surface area contributed by atoms with Crippen molar-refractivity contribution in [3.05, 3.63) is 65.5 Å². The van der Waals surface area contributed by atoms with E-state index in [9.17, 15) is 4.79 Å². The van der Waals surface area contributed by atoms with E-state index in [0.29, 0.717) is 30.4 Å². The number of aryl methyl sites for hydroxylation is 2. The smallest absolute Gasteiger partial charge is 0.238 e. The van der Waals surface area contributed by atoms with Crippen LogP contribution in [0, 0.1) is 13.8 Å². The predicted octanol–water partition coefficient (Wildman–Crippen LogP) is 4.43. The van der Waals surface area contributed by atoms with Gasteiger partial charge in [0, 0.05) is 12.1 Å². The summed E-state index contributed by atoms with van der Waals surface area (Å²) < 4.78 is 11.0. The molecule has 0 unspecified atom stereocenters. The molecule has 0 spiro atoms. The molecule has 1 heterocycles. The van der Waals surface area contributed by atoms with Gasteiger partial charge in [0.25, 0.3) is 0 Å². The second-order valence-electron chi connectivity index (χ2n) is 7.01. The number of nitrogens with zero attached hydrogens (tertiary/aromatic N) is 2. The highest BCUT2D eigenvalue weighted by Crippen LogP contribution is 2.24. The Kier molecular flexibility index (Phi) is 6.67. The summed E-state index contributed by atoms with van der Waals surface area (Å²) >= 11 is 0. The number of anilines is 1. The Labute approximate surface area is 171 Å². The lowest BCUT2D eigenvalue weighted by atomic mass is 10.1. The number of hydrogen-bond acceptors (Lipinski definition) is 5. The molecular formula is C23H27N3O3. The number of nitrogens with one attached hydrogen (secondary N) is 1. The van der Waals surface area contributed by atoms with Crippen LogP contribution in [0.4, 0.5) is 5.69 Å². The Morgan fingerprint density at radius 2 is 2.00 bits per heavy atom. The van der Waals surface area contributed by atoms with E-state index in [-0.39, 0.29) is 12.5 Å². The number of rotatable bonds is 8. The number of carbonyl (C=O) groups is 1. The quantitative estimate of drug-likeness (QED) is 0.613. The summed E-state index contributed by atoms with van der Waals surface area (Å²) in [7, 11) is 1.58. The summed E-state index contributed by atoms with van der Waals surface area (Å²) in [6.07, 6.45) is 1.66. The molecule has 1 amide bonds. The fourth-order valence-electron chi connectivity index (χ4n) is 3.21. The Bertz CT molecular complexity index is 981. The molecule has 0 aliphatic heterocycles. The van der Waals surface area contributed by atoms with Crippen molar-refractivity contribution in [3.63, 3.8) is 0 Å². The van der Waals surface area contributed by atoms with Gasteiger partial charge >= 0.3 is 0 Å². The molecule has 2 aromatic carbocycles. The highest BCUT2D eigenvalue weighted by atomic mass is 16.5. The second kappa shape index (κ2) is 9.39. The molecule has 0 atom stereocenters. The summed E-state index contributed by atoms with van der Waals surface area (Å²) in [6, 6.07) is 13.5. The maximum absolute atomic E-state index is 12.5. The maximum Gasteiger partial charge on any atom is 0.238 e. The number of benzene rings is 2. The molecule has 0 aliphatic rings. The van der Waals surface area contributed by atoms with E-state index in [1.165, 1.54) is 5.56 Å². The van der Waals surface area contributed by atoms with Gasteiger partial charge in [-0.05, 0) is 44.2 Å². The summed E-state index contributed by atoms with van der Waals surface area (Å²) in [4.78, 5) is 19.1. The zero-order valence-electron chi connectivity index (χ0n) is 17.4.